The van der Waals surface area contributed by atoms with Crippen LogP contribution in [-0.4, -0.2) is 4.57 Å². The third kappa shape index (κ3) is 7.28. The first-order valence-corrected chi connectivity index (χ1v) is 18.1. The second-order valence-electron chi connectivity index (χ2n) is 13.6. The van der Waals surface area contributed by atoms with E-state index in [1.165, 1.54) is 87.1 Å². The molecule has 0 aliphatic rings. The first-order valence-electron chi connectivity index (χ1n) is 18.1. The number of benzene rings is 9. The van der Waals surface area contributed by atoms with Crippen molar-refractivity contribution in [3.05, 3.63) is 182 Å². The quantitative estimate of drug-likeness (QED) is 0.0953. The number of fused-ring (bicyclic) bond motifs is 7. The summed E-state index contributed by atoms with van der Waals surface area (Å²) in [6.07, 6.45) is 1.16. The molecule has 0 amide bonds. The average Bonchev–Trinajstić information content (AvgIpc) is 3.54. The molecule has 10 rings (SSSR count). The number of hydrogen-bond acceptors (Lipinski definition) is 0. The van der Waals surface area contributed by atoms with Crippen LogP contribution in [0.25, 0.3) is 87.1 Å². The molecule has 0 bridgehead atoms. The van der Waals surface area contributed by atoms with Gasteiger partial charge in [-0.25, -0.2) is 0 Å². The van der Waals surface area contributed by atoms with E-state index in [0.29, 0.717) is 6.04 Å². The van der Waals surface area contributed by atoms with Gasteiger partial charge in [0.2, 0.25) is 0 Å². The molecular formula is C50H41KNPV. The Morgan fingerprint density at radius 1 is 0.407 bits per heavy atom. The summed E-state index contributed by atoms with van der Waals surface area (Å²) in [4.78, 5) is 0. The smallest absolute Gasteiger partial charge is 0.577 e. The third-order valence-corrected chi connectivity index (χ3v) is 10.7. The molecule has 9 aromatic carbocycles. The number of nitrogens with zero attached hydrogens (tertiary/aromatic N) is 1. The second kappa shape index (κ2) is 17.5. The Hall–Kier alpha value is -3.53. The fourth-order valence-corrected chi connectivity index (χ4v) is 8.05. The fraction of sp³-hybridized carbons (Fsp3) is 0.0800. The molecular weight excluding hydrogens is 736 g/mol. The van der Waals surface area contributed by atoms with E-state index in [1.54, 1.807) is 0 Å². The van der Waals surface area contributed by atoms with Crippen LogP contribution in [-0.2, 0) is 18.6 Å². The molecule has 1 nitrogen and oxygen atoms in total. The Labute approximate surface area is 375 Å². The summed E-state index contributed by atoms with van der Waals surface area (Å²) >= 11 is 0. The van der Waals surface area contributed by atoms with Gasteiger partial charge in [0.1, 0.15) is 0 Å². The number of hydrogen-bond donors (Lipinski definition) is 0. The molecule has 1 unspecified atom stereocenters. The van der Waals surface area contributed by atoms with E-state index < -0.39 is 0 Å². The van der Waals surface area contributed by atoms with Crippen molar-refractivity contribution in [2.24, 2.45) is 0 Å². The molecule has 1 radical (unpaired) electrons. The summed E-state index contributed by atoms with van der Waals surface area (Å²) in [5, 5.41) is 13.0. The van der Waals surface area contributed by atoms with Crippen LogP contribution in [0.15, 0.2) is 182 Å². The zero-order valence-corrected chi connectivity index (χ0v) is 36.8. The maximum atomic E-state index is 2.46. The minimum absolute atomic E-state index is 0. The molecule has 257 valence electrons. The van der Waals surface area contributed by atoms with Crippen molar-refractivity contribution in [2.45, 2.75) is 26.3 Å². The van der Waals surface area contributed by atoms with Crippen LogP contribution < -0.4 is 51.4 Å². The zero-order chi connectivity index (χ0) is 34.3. The normalized spacial score (nSPS) is 11.4. The maximum Gasteiger partial charge on any atom is 1.00 e. The van der Waals surface area contributed by atoms with Gasteiger partial charge in [-0.1, -0.05) is 165 Å². The van der Waals surface area contributed by atoms with E-state index in [0.717, 1.165) is 6.42 Å². The predicted octanol–water partition coefficient (Wildman–Crippen LogP) is 11.7. The molecule has 0 aliphatic carbocycles. The number of para-hydroxylation sites is 2. The minimum Gasteiger partial charge on any atom is -0.577 e. The molecule has 0 saturated carbocycles. The van der Waals surface area contributed by atoms with Crippen LogP contribution in [0, 0.1) is 0 Å². The predicted molar refractivity (Wildman–Crippen MR) is 231 cm³/mol. The van der Waals surface area contributed by atoms with Crippen molar-refractivity contribution in [3.8, 4) is 22.3 Å². The molecule has 1 atom stereocenters. The molecule has 0 N–H and O–H groups in total. The molecule has 4 heteroatoms. The molecule has 1 heterocycles. The van der Waals surface area contributed by atoms with Gasteiger partial charge >= 0.3 is 51.4 Å². The van der Waals surface area contributed by atoms with Crippen LogP contribution in [0.3, 0.4) is 0 Å². The summed E-state index contributed by atoms with van der Waals surface area (Å²) < 4.78 is 2.46. The summed E-state index contributed by atoms with van der Waals surface area (Å²) in [5.41, 5.74) is 7.83. The first-order chi connectivity index (χ1) is 25.2. The molecule has 10 aromatic rings. The largest absolute Gasteiger partial charge is 1.00 e. The van der Waals surface area contributed by atoms with Crippen molar-refractivity contribution in [1.82, 2.24) is 4.57 Å². The Morgan fingerprint density at radius 3 is 1.09 bits per heavy atom. The number of rotatable bonds is 4. The van der Waals surface area contributed by atoms with Crippen molar-refractivity contribution < 1.29 is 69.9 Å². The van der Waals surface area contributed by atoms with E-state index in [2.05, 4.69) is 200 Å². The summed E-state index contributed by atoms with van der Waals surface area (Å²) in [6, 6.07) is 66.5. The van der Waals surface area contributed by atoms with Crippen molar-refractivity contribution in [2.75, 3.05) is 0 Å². The Kier molecular flexibility index (Phi) is 13.0. The molecule has 54 heavy (non-hydrogen) atoms. The third-order valence-electron chi connectivity index (χ3n) is 10.7. The Balaban J connectivity index is 0.000000212. The van der Waals surface area contributed by atoms with E-state index in [1.807, 2.05) is 0 Å². The van der Waals surface area contributed by atoms with Gasteiger partial charge < -0.3 is 14.5 Å². The van der Waals surface area contributed by atoms with Gasteiger partial charge in [0, 0.05) is 46.4 Å². The van der Waals surface area contributed by atoms with E-state index in [9.17, 15) is 0 Å². The van der Waals surface area contributed by atoms with Gasteiger partial charge in [-0.3, -0.25) is 0 Å². The van der Waals surface area contributed by atoms with Crippen molar-refractivity contribution >= 4 is 74.8 Å². The number of aromatic nitrogens is 1. The minimum atomic E-state index is 0. The van der Waals surface area contributed by atoms with Crippen LogP contribution in [0.5, 0.6) is 0 Å². The first kappa shape index (κ1) is 40.1. The van der Waals surface area contributed by atoms with Crippen LogP contribution >= 0.6 is 9.90 Å². The summed E-state index contributed by atoms with van der Waals surface area (Å²) in [5.74, 6) is 0. The van der Waals surface area contributed by atoms with Crippen LogP contribution in [0.4, 0.5) is 0 Å². The molecule has 0 aliphatic heterocycles. The van der Waals surface area contributed by atoms with Crippen molar-refractivity contribution in [3.63, 3.8) is 0 Å². The van der Waals surface area contributed by atoms with Gasteiger partial charge in [0.05, 0.1) is 0 Å². The summed E-state index contributed by atoms with van der Waals surface area (Å²) in [6.45, 7) is 4.53. The van der Waals surface area contributed by atoms with Crippen molar-refractivity contribution in [1.29, 1.82) is 0 Å². The van der Waals surface area contributed by atoms with Crippen LogP contribution in [0.2, 0.25) is 0 Å². The van der Waals surface area contributed by atoms with E-state index >= 15 is 0 Å². The molecule has 0 spiro atoms. The van der Waals surface area contributed by atoms with E-state index in [4.69, 9.17) is 0 Å². The standard InChI is InChI=1S/C34H22.C16H17N.K.H2P.V/c1-3-11-25-21-27(19-17-23(25)9-1)33-29-13-5-7-15-31(29)34(32-16-8-6-14-30(32)33)28-20-18-24-10-2-4-12-26(24)22-28;1-3-12(2)17-15-10-6-4-8-13(15)14-9-5-7-11-16(14)17;;;/h1-22H;4-12H,3H2,1-2H3;;1H2;/q;;+1;-1;. The second-order valence-corrected chi connectivity index (χ2v) is 13.6. The maximum absolute atomic E-state index is 2.46. The van der Waals surface area contributed by atoms with Gasteiger partial charge in [-0.2, -0.15) is 0 Å². The molecule has 1 aromatic heterocycles. The Morgan fingerprint density at radius 2 is 0.722 bits per heavy atom. The average molecular weight is 777 g/mol. The van der Waals surface area contributed by atoms with Gasteiger partial charge in [-0.05, 0) is 103 Å². The van der Waals surface area contributed by atoms with E-state index in [-0.39, 0.29) is 79.8 Å². The Bertz CT molecular complexity index is 2650. The molecule has 0 fully saturated rings. The van der Waals surface area contributed by atoms with Gasteiger partial charge in [-0.15, -0.1) is 0 Å². The fourth-order valence-electron chi connectivity index (χ4n) is 8.05. The summed E-state index contributed by atoms with van der Waals surface area (Å²) in [7, 11) is 0. The molecule has 0 saturated heterocycles. The van der Waals surface area contributed by atoms with Gasteiger partial charge in [0.25, 0.3) is 0 Å². The zero-order valence-electron chi connectivity index (χ0n) is 31.1. The van der Waals surface area contributed by atoms with Crippen LogP contribution in [0.1, 0.15) is 26.3 Å². The topological polar surface area (TPSA) is 4.93 Å². The monoisotopic (exact) mass is 776 g/mol. The SMILES string of the molecule is CCC(C)n1c2ccccc2c2ccccc21.[K+].[PH2-].[V].c1ccc2cc(-c3c4ccccc4c(-c4ccc5ccccc5c4)c4ccccc34)ccc2c1. The van der Waals surface area contributed by atoms with Gasteiger partial charge in [0.15, 0.2) is 0 Å².